The van der Waals surface area contributed by atoms with Gasteiger partial charge in [0.2, 0.25) is 5.91 Å². The third-order valence-corrected chi connectivity index (χ3v) is 2.27. The van der Waals surface area contributed by atoms with Gasteiger partial charge in [-0.05, 0) is 18.2 Å². The van der Waals surface area contributed by atoms with E-state index in [1.807, 2.05) is 0 Å². The van der Waals surface area contributed by atoms with Gasteiger partial charge in [0.1, 0.15) is 11.3 Å². The zero-order chi connectivity index (χ0) is 13.5. The van der Waals surface area contributed by atoms with Gasteiger partial charge in [-0.1, -0.05) is 0 Å². The van der Waals surface area contributed by atoms with Gasteiger partial charge in [0.05, 0.1) is 20.1 Å². The predicted molar refractivity (Wildman–Crippen MR) is 66.4 cm³/mol. The van der Waals surface area contributed by atoms with Gasteiger partial charge in [0.25, 0.3) is 0 Å². The van der Waals surface area contributed by atoms with Crippen LogP contribution >= 0.6 is 0 Å². The average molecular weight is 252 g/mol. The molecule has 6 nitrogen and oxygen atoms in total. The zero-order valence-corrected chi connectivity index (χ0v) is 10.4. The highest BCUT2D eigenvalue weighted by Crippen LogP contribution is 2.22. The van der Waals surface area contributed by atoms with E-state index >= 15 is 0 Å². The summed E-state index contributed by atoms with van der Waals surface area (Å²) >= 11 is 0. The van der Waals surface area contributed by atoms with Crippen molar-refractivity contribution >= 4 is 17.6 Å². The number of nitrogen functional groups attached to an aromatic ring is 1. The summed E-state index contributed by atoms with van der Waals surface area (Å²) in [6, 6.07) is 4.66. The van der Waals surface area contributed by atoms with Gasteiger partial charge < -0.3 is 20.5 Å². The standard InChI is InChI=1S/C12H16N2O4/c1-14-11(15)5-6-18-10-4-3-8(13)7-9(10)12(16)17-2/h3-4,7H,5-6,13H2,1-2H3,(H,14,15). The Bertz CT molecular complexity index is 446. The van der Waals surface area contributed by atoms with E-state index in [9.17, 15) is 9.59 Å². The third-order valence-electron chi connectivity index (χ3n) is 2.27. The SMILES string of the molecule is CNC(=O)CCOc1ccc(N)cc1C(=O)OC. The molecule has 1 amide bonds. The monoisotopic (exact) mass is 252 g/mol. The molecule has 0 fully saturated rings. The van der Waals surface area contributed by atoms with Crippen molar-refractivity contribution in [2.24, 2.45) is 0 Å². The topological polar surface area (TPSA) is 90.6 Å². The lowest BCUT2D eigenvalue weighted by molar-refractivity contribution is -0.121. The van der Waals surface area contributed by atoms with Crippen LogP contribution in [0.2, 0.25) is 0 Å². The molecule has 0 aliphatic heterocycles. The van der Waals surface area contributed by atoms with E-state index < -0.39 is 5.97 Å². The molecule has 0 aromatic heterocycles. The van der Waals surface area contributed by atoms with Gasteiger partial charge in [0, 0.05) is 12.7 Å². The van der Waals surface area contributed by atoms with Crippen LogP contribution in [0.15, 0.2) is 18.2 Å². The van der Waals surface area contributed by atoms with E-state index in [0.717, 1.165) is 0 Å². The van der Waals surface area contributed by atoms with E-state index in [-0.39, 0.29) is 24.5 Å². The molecule has 0 aliphatic carbocycles. The van der Waals surface area contributed by atoms with E-state index in [0.29, 0.717) is 11.4 Å². The molecule has 6 heteroatoms. The molecule has 0 saturated heterocycles. The number of ether oxygens (including phenoxy) is 2. The number of hydrogen-bond acceptors (Lipinski definition) is 5. The number of amides is 1. The second kappa shape index (κ2) is 6.48. The van der Waals surface area contributed by atoms with Crippen LogP contribution < -0.4 is 15.8 Å². The van der Waals surface area contributed by atoms with E-state index in [4.69, 9.17) is 10.5 Å². The number of anilines is 1. The lowest BCUT2D eigenvalue weighted by Crippen LogP contribution is -2.20. The molecule has 0 unspecified atom stereocenters. The number of nitrogens with two attached hydrogens (primary N) is 1. The van der Waals surface area contributed by atoms with Crippen LogP contribution in [0.1, 0.15) is 16.8 Å². The largest absolute Gasteiger partial charge is 0.492 e. The van der Waals surface area contributed by atoms with Crippen molar-refractivity contribution in [1.29, 1.82) is 0 Å². The van der Waals surface area contributed by atoms with Crippen molar-refractivity contribution in [2.75, 3.05) is 26.5 Å². The Morgan fingerprint density at radius 2 is 2.11 bits per heavy atom. The Labute approximate surface area is 105 Å². The van der Waals surface area contributed by atoms with Crippen LogP contribution in [0.4, 0.5) is 5.69 Å². The number of rotatable bonds is 5. The van der Waals surface area contributed by atoms with Gasteiger partial charge in [0.15, 0.2) is 0 Å². The van der Waals surface area contributed by atoms with Gasteiger partial charge in [-0.15, -0.1) is 0 Å². The fourth-order valence-electron chi connectivity index (χ4n) is 1.32. The van der Waals surface area contributed by atoms with E-state index in [1.54, 1.807) is 19.2 Å². The minimum absolute atomic E-state index is 0.134. The molecule has 98 valence electrons. The molecule has 0 heterocycles. The summed E-state index contributed by atoms with van der Waals surface area (Å²) in [4.78, 5) is 22.5. The molecule has 1 rings (SSSR count). The highest BCUT2D eigenvalue weighted by molar-refractivity contribution is 5.93. The van der Waals surface area contributed by atoms with Gasteiger partial charge >= 0.3 is 5.97 Å². The summed E-state index contributed by atoms with van der Waals surface area (Å²) in [5, 5.41) is 2.48. The minimum atomic E-state index is -0.530. The van der Waals surface area contributed by atoms with Crippen LogP contribution in [0.25, 0.3) is 0 Å². The first kappa shape index (κ1) is 13.8. The summed E-state index contributed by atoms with van der Waals surface area (Å²) in [5.74, 6) is -0.317. The van der Waals surface area contributed by atoms with Crippen molar-refractivity contribution in [3.8, 4) is 5.75 Å². The molecule has 0 radical (unpaired) electrons. The second-order valence-corrected chi connectivity index (χ2v) is 3.52. The van der Waals surface area contributed by atoms with Gasteiger partial charge in [-0.25, -0.2) is 4.79 Å². The smallest absolute Gasteiger partial charge is 0.341 e. The summed E-state index contributed by atoms with van der Waals surface area (Å²) in [6.45, 7) is 0.174. The zero-order valence-electron chi connectivity index (χ0n) is 10.4. The quantitative estimate of drug-likeness (QED) is 0.590. The number of methoxy groups -OCH3 is 1. The van der Waals surface area contributed by atoms with Crippen LogP contribution in [0.5, 0.6) is 5.75 Å². The first-order valence-electron chi connectivity index (χ1n) is 5.39. The number of nitrogens with one attached hydrogen (secondary N) is 1. The maximum absolute atomic E-state index is 11.5. The highest BCUT2D eigenvalue weighted by Gasteiger charge is 2.13. The van der Waals surface area contributed by atoms with Crippen molar-refractivity contribution in [2.45, 2.75) is 6.42 Å². The summed E-state index contributed by atoms with van der Waals surface area (Å²) in [5.41, 5.74) is 6.27. The molecular weight excluding hydrogens is 236 g/mol. The first-order valence-corrected chi connectivity index (χ1v) is 5.39. The molecule has 0 atom stereocenters. The summed E-state index contributed by atoms with van der Waals surface area (Å²) in [6.07, 6.45) is 0.210. The molecule has 18 heavy (non-hydrogen) atoms. The van der Waals surface area contributed by atoms with Gasteiger partial charge in [-0.3, -0.25) is 4.79 Å². The molecule has 1 aromatic rings. The normalized spacial score (nSPS) is 9.67. The number of carbonyl (C=O) groups excluding carboxylic acids is 2. The van der Waals surface area contributed by atoms with Gasteiger partial charge in [-0.2, -0.15) is 0 Å². The Morgan fingerprint density at radius 1 is 1.39 bits per heavy atom. The predicted octanol–water partition coefficient (Wildman–Crippen LogP) is 0.570. The Kier molecular flexibility index (Phi) is 4.98. The van der Waals surface area contributed by atoms with Crippen molar-refractivity contribution < 1.29 is 19.1 Å². The van der Waals surface area contributed by atoms with Crippen molar-refractivity contribution in [3.05, 3.63) is 23.8 Å². The number of benzene rings is 1. The molecule has 0 aliphatic rings. The summed E-state index contributed by atoms with van der Waals surface area (Å²) < 4.78 is 10.00. The van der Waals surface area contributed by atoms with Crippen LogP contribution in [0.3, 0.4) is 0 Å². The highest BCUT2D eigenvalue weighted by atomic mass is 16.5. The lowest BCUT2D eigenvalue weighted by Gasteiger charge is -2.10. The van der Waals surface area contributed by atoms with E-state index in [1.165, 1.54) is 13.2 Å². The average Bonchev–Trinajstić information content (AvgIpc) is 2.39. The van der Waals surface area contributed by atoms with Crippen LogP contribution in [-0.4, -0.2) is 32.6 Å². The van der Waals surface area contributed by atoms with E-state index in [2.05, 4.69) is 10.1 Å². The Morgan fingerprint density at radius 3 is 2.72 bits per heavy atom. The number of esters is 1. The third kappa shape index (κ3) is 3.65. The lowest BCUT2D eigenvalue weighted by atomic mass is 10.2. The number of carbonyl (C=O) groups is 2. The van der Waals surface area contributed by atoms with Crippen molar-refractivity contribution in [3.63, 3.8) is 0 Å². The fourth-order valence-corrected chi connectivity index (χ4v) is 1.32. The molecule has 1 aromatic carbocycles. The second-order valence-electron chi connectivity index (χ2n) is 3.52. The number of hydrogen-bond donors (Lipinski definition) is 2. The minimum Gasteiger partial charge on any atom is -0.492 e. The van der Waals surface area contributed by atoms with Crippen LogP contribution in [-0.2, 0) is 9.53 Å². The van der Waals surface area contributed by atoms with Crippen LogP contribution in [0, 0.1) is 0 Å². The summed E-state index contributed by atoms with van der Waals surface area (Å²) in [7, 11) is 2.82. The molecule has 0 bridgehead atoms. The molecule has 0 spiro atoms. The fraction of sp³-hybridized carbons (Fsp3) is 0.333. The molecule has 3 N–H and O–H groups in total. The molecular formula is C12H16N2O4. The maximum Gasteiger partial charge on any atom is 0.341 e. The first-order chi connectivity index (χ1) is 8.58. The molecule has 0 saturated carbocycles. The van der Waals surface area contributed by atoms with Crippen molar-refractivity contribution in [1.82, 2.24) is 5.32 Å². The maximum atomic E-state index is 11.5. The Balaban J connectivity index is 2.75. The Hall–Kier alpha value is -2.24.